The van der Waals surface area contributed by atoms with Crippen molar-refractivity contribution in [1.29, 1.82) is 0 Å². The number of nitrogens with zero attached hydrogens (tertiary/aromatic N) is 1. The van der Waals surface area contributed by atoms with Crippen LogP contribution >= 0.6 is 0 Å². The highest BCUT2D eigenvalue weighted by molar-refractivity contribution is 6.05. The SMILES string of the molecule is CC1(C)c2cc(N(c3ccc(C4C5CC6CC(C5)CC4C6)cc3)c3ccc4ccccc4c3-c3ccccc3)ccc2-c2c(-c3ccccc3)cccc21. The smallest absolute Gasteiger partial charge is 0.0546 e. The van der Waals surface area contributed by atoms with E-state index in [-0.39, 0.29) is 5.41 Å². The zero-order chi connectivity index (χ0) is 36.0. The number of hydrogen-bond acceptors (Lipinski definition) is 1. The van der Waals surface area contributed by atoms with Gasteiger partial charge in [-0.25, -0.2) is 0 Å². The molecule has 4 fully saturated rings. The molecule has 0 saturated heterocycles. The van der Waals surface area contributed by atoms with E-state index >= 15 is 0 Å². The summed E-state index contributed by atoms with van der Waals surface area (Å²) in [6, 6.07) is 59.5. The summed E-state index contributed by atoms with van der Waals surface area (Å²) in [5, 5.41) is 2.54. The number of fused-ring (bicyclic) bond motifs is 4. The van der Waals surface area contributed by atoms with Crippen molar-refractivity contribution in [3.8, 4) is 33.4 Å². The first kappa shape index (κ1) is 32.1. The molecule has 4 bridgehead atoms. The second-order valence-corrected chi connectivity index (χ2v) is 17.4. The molecule has 7 aromatic rings. The second kappa shape index (κ2) is 12.3. The van der Waals surface area contributed by atoms with E-state index in [0.717, 1.165) is 29.6 Å². The first-order valence-electron chi connectivity index (χ1n) is 20.3. The Bertz CT molecular complexity index is 2500. The van der Waals surface area contributed by atoms with Crippen LogP contribution < -0.4 is 4.90 Å². The molecule has 5 aliphatic carbocycles. The fourth-order valence-electron chi connectivity index (χ4n) is 11.9. The van der Waals surface area contributed by atoms with Gasteiger partial charge in [0, 0.05) is 22.4 Å². The Kier molecular flexibility index (Phi) is 7.32. The van der Waals surface area contributed by atoms with E-state index in [1.807, 2.05) is 0 Å². The lowest BCUT2D eigenvalue weighted by atomic mass is 9.51. The molecule has 0 radical (unpaired) electrons. The van der Waals surface area contributed by atoms with Gasteiger partial charge >= 0.3 is 0 Å². The molecule has 0 aromatic heterocycles. The maximum absolute atomic E-state index is 2.55. The Morgan fingerprint density at radius 1 is 0.481 bits per heavy atom. The molecule has 0 N–H and O–H groups in total. The molecule has 0 amide bonds. The summed E-state index contributed by atoms with van der Waals surface area (Å²) >= 11 is 0. The average molecular weight is 698 g/mol. The van der Waals surface area contributed by atoms with Gasteiger partial charge in [-0.3, -0.25) is 0 Å². The lowest BCUT2D eigenvalue weighted by molar-refractivity contribution is -0.00277. The fraction of sp³-hybridized carbons (Fsp3) is 0.245. The standard InChI is InChI=1S/C53H47N/c1-53(2)47-19-11-18-45(36-12-5-3-6-13-36)52(47)46-26-25-43(33-48(46)53)54(49-27-22-37-14-9-10-17-44(37)51(49)38-15-7-4-8-16-38)42-23-20-39(21-24-42)50-40-29-34-28-35(31-40)32-41(50)30-34/h3-27,33-35,40-41,50H,28-32H2,1-2H3. The number of benzene rings is 7. The van der Waals surface area contributed by atoms with Crippen LogP contribution in [0.15, 0.2) is 158 Å². The van der Waals surface area contributed by atoms with E-state index < -0.39 is 0 Å². The lowest BCUT2D eigenvalue weighted by Gasteiger charge is -2.54. The summed E-state index contributed by atoms with van der Waals surface area (Å²) in [6.45, 7) is 4.82. The fourth-order valence-corrected chi connectivity index (χ4v) is 11.9. The van der Waals surface area contributed by atoms with Crippen molar-refractivity contribution in [2.75, 3.05) is 4.90 Å². The molecule has 1 heteroatoms. The van der Waals surface area contributed by atoms with Gasteiger partial charge in [-0.05, 0) is 147 Å². The summed E-state index contributed by atoms with van der Waals surface area (Å²) < 4.78 is 0. The van der Waals surface area contributed by atoms with Crippen molar-refractivity contribution >= 4 is 27.8 Å². The summed E-state index contributed by atoms with van der Waals surface area (Å²) in [6.07, 6.45) is 7.29. The summed E-state index contributed by atoms with van der Waals surface area (Å²) in [4.78, 5) is 2.55. The molecule has 0 spiro atoms. The highest BCUT2D eigenvalue weighted by Gasteiger charge is 2.48. The van der Waals surface area contributed by atoms with Gasteiger partial charge in [-0.2, -0.15) is 0 Å². The van der Waals surface area contributed by atoms with Crippen molar-refractivity contribution in [2.45, 2.75) is 57.3 Å². The minimum Gasteiger partial charge on any atom is -0.310 e. The maximum atomic E-state index is 2.55. The topological polar surface area (TPSA) is 3.24 Å². The van der Waals surface area contributed by atoms with Crippen molar-refractivity contribution in [2.24, 2.45) is 23.7 Å². The zero-order valence-electron chi connectivity index (χ0n) is 31.4. The Hall–Kier alpha value is -5.40. The van der Waals surface area contributed by atoms with E-state index in [0.29, 0.717) is 0 Å². The summed E-state index contributed by atoms with van der Waals surface area (Å²) in [7, 11) is 0. The Morgan fingerprint density at radius 2 is 1.13 bits per heavy atom. The Labute approximate surface area is 320 Å². The van der Waals surface area contributed by atoms with Gasteiger partial charge in [-0.1, -0.05) is 141 Å². The van der Waals surface area contributed by atoms with Crippen molar-refractivity contribution in [3.05, 3.63) is 174 Å². The summed E-state index contributed by atoms with van der Waals surface area (Å²) in [5.74, 6) is 4.44. The molecular formula is C53H47N. The number of anilines is 3. The molecule has 0 atom stereocenters. The van der Waals surface area contributed by atoms with E-state index in [1.165, 1.54) is 104 Å². The highest BCUT2D eigenvalue weighted by Crippen LogP contribution is 2.60. The van der Waals surface area contributed by atoms with Gasteiger partial charge in [0.05, 0.1) is 5.69 Å². The van der Waals surface area contributed by atoms with Gasteiger partial charge in [0.1, 0.15) is 0 Å². The minimum atomic E-state index is -0.147. The molecule has 1 nitrogen and oxygen atoms in total. The van der Waals surface area contributed by atoms with Crippen LogP contribution in [0.25, 0.3) is 44.2 Å². The van der Waals surface area contributed by atoms with E-state index in [4.69, 9.17) is 0 Å². The normalized spacial score (nSPS) is 23.0. The van der Waals surface area contributed by atoms with E-state index in [9.17, 15) is 0 Å². The van der Waals surface area contributed by atoms with Crippen molar-refractivity contribution in [1.82, 2.24) is 0 Å². The van der Waals surface area contributed by atoms with Crippen LogP contribution in [0.1, 0.15) is 68.6 Å². The average Bonchev–Trinajstić information content (AvgIpc) is 3.44. The monoisotopic (exact) mass is 697 g/mol. The highest BCUT2D eigenvalue weighted by atomic mass is 15.1. The van der Waals surface area contributed by atoms with Gasteiger partial charge in [0.2, 0.25) is 0 Å². The van der Waals surface area contributed by atoms with Crippen LogP contribution in [0.5, 0.6) is 0 Å². The van der Waals surface area contributed by atoms with Gasteiger partial charge < -0.3 is 4.90 Å². The molecule has 0 heterocycles. The quantitative estimate of drug-likeness (QED) is 0.167. The van der Waals surface area contributed by atoms with Crippen LogP contribution in [0.3, 0.4) is 0 Å². The van der Waals surface area contributed by atoms with Crippen LogP contribution in [0.4, 0.5) is 17.1 Å². The first-order chi connectivity index (χ1) is 26.5. The van der Waals surface area contributed by atoms with Crippen LogP contribution in [0, 0.1) is 23.7 Å². The van der Waals surface area contributed by atoms with E-state index in [2.05, 4.69) is 176 Å². The molecule has 4 saturated carbocycles. The third-order valence-electron chi connectivity index (χ3n) is 14.0. The maximum Gasteiger partial charge on any atom is 0.0546 e. The largest absolute Gasteiger partial charge is 0.310 e. The number of rotatable bonds is 6. The zero-order valence-corrected chi connectivity index (χ0v) is 31.4. The third kappa shape index (κ3) is 4.97. The Balaban J connectivity index is 1.09. The first-order valence-corrected chi connectivity index (χ1v) is 20.3. The molecule has 7 aromatic carbocycles. The third-order valence-corrected chi connectivity index (χ3v) is 14.0. The van der Waals surface area contributed by atoms with Crippen LogP contribution in [0.2, 0.25) is 0 Å². The lowest BCUT2D eigenvalue weighted by Crippen LogP contribution is -2.43. The second-order valence-electron chi connectivity index (χ2n) is 17.4. The Morgan fingerprint density at radius 3 is 1.85 bits per heavy atom. The number of hydrogen-bond donors (Lipinski definition) is 0. The minimum absolute atomic E-state index is 0.147. The summed E-state index contributed by atoms with van der Waals surface area (Å²) in [5.41, 5.74) is 15.6. The molecule has 0 aliphatic heterocycles. The molecule has 0 unspecified atom stereocenters. The van der Waals surface area contributed by atoms with Crippen LogP contribution in [-0.2, 0) is 5.41 Å². The van der Waals surface area contributed by atoms with Gasteiger partial charge in [-0.15, -0.1) is 0 Å². The van der Waals surface area contributed by atoms with Gasteiger partial charge in [0.15, 0.2) is 0 Å². The van der Waals surface area contributed by atoms with Gasteiger partial charge in [0.25, 0.3) is 0 Å². The van der Waals surface area contributed by atoms with E-state index in [1.54, 1.807) is 5.56 Å². The molecule has 54 heavy (non-hydrogen) atoms. The molecule has 264 valence electrons. The van der Waals surface area contributed by atoms with Crippen molar-refractivity contribution < 1.29 is 0 Å². The molecule has 12 rings (SSSR count). The molecule has 5 aliphatic rings. The predicted molar refractivity (Wildman–Crippen MR) is 227 cm³/mol. The van der Waals surface area contributed by atoms with Crippen LogP contribution in [-0.4, -0.2) is 0 Å². The predicted octanol–water partition coefficient (Wildman–Crippen LogP) is 14.5. The molecular weight excluding hydrogens is 651 g/mol. The van der Waals surface area contributed by atoms with Crippen molar-refractivity contribution in [3.63, 3.8) is 0 Å².